The van der Waals surface area contributed by atoms with Gasteiger partial charge in [0, 0.05) is 25.1 Å². The number of aromatic nitrogens is 2. The molecule has 31 heavy (non-hydrogen) atoms. The van der Waals surface area contributed by atoms with E-state index in [1.807, 2.05) is 6.26 Å². The highest BCUT2D eigenvalue weighted by atomic mass is 32.2. The highest BCUT2D eigenvalue weighted by Gasteiger charge is 2.35. The third-order valence-electron chi connectivity index (χ3n) is 4.24. The molecule has 162 valence electrons. The molecule has 6 nitrogen and oxygen atoms in total. The van der Waals surface area contributed by atoms with E-state index in [1.165, 1.54) is 24.1 Å². The van der Waals surface area contributed by atoms with Gasteiger partial charge < -0.3 is 14.9 Å². The molecule has 3 rings (SSSR count). The van der Waals surface area contributed by atoms with Gasteiger partial charge in [-0.3, -0.25) is 4.79 Å². The van der Waals surface area contributed by atoms with E-state index in [1.54, 1.807) is 35.6 Å². The van der Waals surface area contributed by atoms with Crippen LogP contribution in [0.4, 0.5) is 46.4 Å². The molecule has 0 saturated heterocycles. The maximum Gasteiger partial charge on any atom is 0.421 e. The summed E-state index contributed by atoms with van der Waals surface area (Å²) in [6.45, 7) is 0. The van der Waals surface area contributed by atoms with E-state index in [0.29, 0.717) is 23.9 Å². The zero-order valence-electron chi connectivity index (χ0n) is 16.4. The first kappa shape index (κ1) is 22.3. The van der Waals surface area contributed by atoms with Gasteiger partial charge in [0.2, 0.25) is 5.95 Å². The van der Waals surface area contributed by atoms with E-state index in [9.17, 15) is 22.4 Å². The van der Waals surface area contributed by atoms with Crippen LogP contribution in [0, 0.1) is 5.82 Å². The molecule has 2 aromatic carbocycles. The Morgan fingerprint density at radius 2 is 1.84 bits per heavy atom. The number of carbonyl (C=O) groups is 1. The average molecular weight is 451 g/mol. The number of aldehydes is 1. The average Bonchev–Trinajstić information content (AvgIpc) is 2.74. The third-order valence-corrected chi connectivity index (χ3v) is 4.98. The van der Waals surface area contributed by atoms with Crippen molar-refractivity contribution in [3.63, 3.8) is 0 Å². The van der Waals surface area contributed by atoms with Crippen molar-refractivity contribution in [1.82, 2.24) is 9.97 Å². The smallest absolute Gasteiger partial charge is 0.338 e. The fourth-order valence-corrected chi connectivity index (χ4v) is 3.01. The molecule has 0 spiro atoms. The second kappa shape index (κ2) is 9.21. The van der Waals surface area contributed by atoms with Gasteiger partial charge in [0.05, 0.1) is 17.1 Å². The normalized spacial score (nSPS) is 11.2. The van der Waals surface area contributed by atoms with Gasteiger partial charge in [0.15, 0.2) is 0 Å². The number of carbonyl (C=O) groups excluding carboxylic acids is 1. The molecule has 0 aliphatic heterocycles. The van der Waals surface area contributed by atoms with Gasteiger partial charge in [0.1, 0.15) is 23.5 Å². The number of nitrogens with zero attached hydrogens (tertiary/aromatic N) is 3. The second-order valence-electron chi connectivity index (χ2n) is 6.26. The van der Waals surface area contributed by atoms with Gasteiger partial charge >= 0.3 is 6.18 Å². The van der Waals surface area contributed by atoms with Crippen molar-refractivity contribution in [1.29, 1.82) is 0 Å². The van der Waals surface area contributed by atoms with Crippen molar-refractivity contribution < 1.29 is 22.4 Å². The summed E-state index contributed by atoms with van der Waals surface area (Å²) in [5.74, 6) is -1.50. The molecular weight excluding hydrogens is 434 g/mol. The first-order chi connectivity index (χ1) is 14.7. The molecule has 0 fully saturated rings. The van der Waals surface area contributed by atoms with Gasteiger partial charge in [0.25, 0.3) is 0 Å². The standard InChI is InChI=1S/C20H17F4N5OS/c1-29(31-2)17-6-4-3-5-16(17)26-18-13(20(22,23)24)10-25-19(28-18)27-15-8-7-12(11-30)9-14(15)21/h3-11H,1-2H3,(H2,25,26,27,28). The fourth-order valence-electron chi connectivity index (χ4n) is 2.65. The molecule has 0 aliphatic rings. The van der Waals surface area contributed by atoms with E-state index in [4.69, 9.17) is 0 Å². The summed E-state index contributed by atoms with van der Waals surface area (Å²) < 4.78 is 56.5. The van der Waals surface area contributed by atoms with Gasteiger partial charge in [-0.2, -0.15) is 18.2 Å². The summed E-state index contributed by atoms with van der Waals surface area (Å²) in [5, 5.41) is 5.26. The Bertz CT molecular complexity index is 1090. The minimum Gasteiger partial charge on any atom is -0.338 e. The lowest BCUT2D eigenvalue weighted by molar-refractivity contribution is -0.137. The highest BCUT2D eigenvalue weighted by molar-refractivity contribution is 7.99. The Kier molecular flexibility index (Phi) is 6.64. The molecule has 0 amide bonds. The minimum absolute atomic E-state index is 0.0844. The molecule has 0 bridgehead atoms. The molecule has 0 atom stereocenters. The predicted octanol–water partition coefficient (Wildman–Crippen LogP) is 5.65. The summed E-state index contributed by atoms with van der Waals surface area (Å²) in [7, 11) is 1.77. The number of benzene rings is 2. The van der Waals surface area contributed by atoms with E-state index >= 15 is 0 Å². The molecule has 1 heterocycles. The van der Waals surface area contributed by atoms with Crippen molar-refractivity contribution in [2.45, 2.75) is 6.18 Å². The second-order valence-corrected chi connectivity index (χ2v) is 7.17. The summed E-state index contributed by atoms with van der Waals surface area (Å²) in [4.78, 5) is 18.3. The van der Waals surface area contributed by atoms with Gasteiger partial charge in [-0.05, 0) is 30.3 Å². The number of para-hydroxylation sites is 2. The molecule has 0 unspecified atom stereocenters. The maximum absolute atomic E-state index is 14.1. The molecule has 1 aromatic heterocycles. The van der Waals surface area contributed by atoms with Crippen molar-refractivity contribution in [3.05, 3.63) is 65.6 Å². The number of rotatable bonds is 7. The van der Waals surface area contributed by atoms with Crippen LogP contribution in [0.2, 0.25) is 0 Å². The van der Waals surface area contributed by atoms with Crippen LogP contribution in [0.15, 0.2) is 48.7 Å². The van der Waals surface area contributed by atoms with Crippen LogP contribution < -0.4 is 14.9 Å². The van der Waals surface area contributed by atoms with E-state index < -0.39 is 23.4 Å². The largest absolute Gasteiger partial charge is 0.421 e. The lowest BCUT2D eigenvalue weighted by atomic mass is 10.2. The number of anilines is 5. The lowest BCUT2D eigenvalue weighted by Gasteiger charge is -2.21. The molecule has 3 aromatic rings. The first-order valence-electron chi connectivity index (χ1n) is 8.83. The zero-order valence-corrected chi connectivity index (χ0v) is 17.2. The molecule has 0 radical (unpaired) electrons. The molecule has 2 N–H and O–H groups in total. The molecule has 11 heteroatoms. The van der Waals surface area contributed by atoms with Crippen LogP contribution in [0.3, 0.4) is 0 Å². The molecular formula is C20H17F4N5OS. The Hall–Kier alpha value is -3.34. The predicted molar refractivity (Wildman–Crippen MR) is 114 cm³/mol. The van der Waals surface area contributed by atoms with Crippen LogP contribution in [0.5, 0.6) is 0 Å². The summed E-state index contributed by atoms with van der Waals surface area (Å²) >= 11 is 1.38. The Labute approximate surface area is 179 Å². The summed E-state index contributed by atoms with van der Waals surface area (Å²) in [6, 6.07) is 10.4. The van der Waals surface area contributed by atoms with E-state index in [-0.39, 0.29) is 17.2 Å². The number of halogens is 4. The summed E-state index contributed by atoms with van der Waals surface area (Å²) in [6.07, 6.45) is -1.78. The van der Waals surface area contributed by atoms with Gasteiger partial charge in [-0.15, -0.1) is 0 Å². The highest BCUT2D eigenvalue weighted by Crippen LogP contribution is 2.37. The number of hydrogen-bond donors (Lipinski definition) is 2. The Morgan fingerprint density at radius 1 is 1.10 bits per heavy atom. The number of nitrogens with one attached hydrogen (secondary N) is 2. The summed E-state index contributed by atoms with van der Waals surface area (Å²) in [5.41, 5.74) is 0.00582. The SMILES string of the molecule is CSN(C)c1ccccc1Nc1nc(Nc2ccc(C=O)cc2F)ncc1C(F)(F)F. The van der Waals surface area contributed by atoms with Crippen molar-refractivity contribution >= 4 is 47.1 Å². The van der Waals surface area contributed by atoms with Crippen LogP contribution in [-0.2, 0) is 6.18 Å². The minimum atomic E-state index is -4.71. The van der Waals surface area contributed by atoms with Crippen LogP contribution in [0.1, 0.15) is 15.9 Å². The van der Waals surface area contributed by atoms with Gasteiger partial charge in [-0.1, -0.05) is 24.1 Å². The molecule has 0 saturated carbocycles. The van der Waals surface area contributed by atoms with Crippen LogP contribution >= 0.6 is 11.9 Å². The maximum atomic E-state index is 14.1. The Balaban J connectivity index is 2.00. The first-order valence-corrected chi connectivity index (χ1v) is 10.0. The van der Waals surface area contributed by atoms with E-state index in [0.717, 1.165) is 6.07 Å². The van der Waals surface area contributed by atoms with Gasteiger partial charge in [-0.25, -0.2) is 9.37 Å². The monoisotopic (exact) mass is 451 g/mol. The molecule has 0 aliphatic carbocycles. The van der Waals surface area contributed by atoms with Crippen LogP contribution in [-0.4, -0.2) is 29.6 Å². The Morgan fingerprint density at radius 3 is 2.48 bits per heavy atom. The topological polar surface area (TPSA) is 70.2 Å². The third kappa shape index (κ3) is 5.23. The number of alkyl halides is 3. The van der Waals surface area contributed by atoms with E-state index in [2.05, 4.69) is 20.6 Å². The van der Waals surface area contributed by atoms with Crippen molar-refractivity contribution in [3.8, 4) is 0 Å². The van der Waals surface area contributed by atoms with Crippen LogP contribution in [0.25, 0.3) is 0 Å². The fraction of sp³-hybridized carbons (Fsp3) is 0.150. The lowest BCUT2D eigenvalue weighted by Crippen LogP contribution is -2.14. The number of hydrogen-bond acceptors (Lipinski definition) is 7. The van der Waals surface area contributed by atoms with Crippen molar-refractivity contribution in [2.75, 3.05) is 28.2 Å². The quantitative estimate of drug-likeness (QED) is 0.273. The van der Waals surface area contributed by atoms with Crippen molar-refractivity contribution in [2.24, 2.45) is 0 Å². The zero-order chi connectivity index (χ0) is 22.6.